The first-order valence-corrected chi connectivity index (χ1v) is 6.53. The molecule has 0 rings (SSSR count). The van der Waals surface area contributed by atoms with Crippen molar-refractivity contribution in [2.75, 3.05) is 6.61 Å². The van der Waals surface area contributed by atoms with E-state index in [1.54, 1.807) is 6.92 Å². The SMILES string of the molecule is C=C(C)[13CH2][13CH2]OP(=O)(O)OP(=O)(O)O. The second kappa shape index (κ2) is 5.19. The Kier molecular flexibility index (Phi) is 5.19. The Morgan fingerprint density at radius 2 is 1.86 bits per heavy atom. The van der Waals surface area contributed by atoms with Crippen LogP contribution in [-0.2, 0) is 18.0 Å². The van der Waals surface area contributed by atoms with Crippen LogP contribution >= 0.6 is 15.6 Å². The minimum Gasteiger partial charge on any atom is -0.302 e. The van der Waals surface area contributed by atoms with E-state index in [0.29, 0.717) is 12.0 Å². The summed E-state index contributed by atoms with van der Waals surface area (Å²) in [7, 11) is -9.69. The van der Waals surface area contributed by atoms with Gasteiger partial charge in [0.2, 0.25) is 0 Å². The molecule has 14 heavy (non-hydrogen) atoms. The maximum Gasteiger partial charge on any atom is 0.481 e. The summed E-state index contributed by atoms with van der Waals surface area (Å²) in [5, 5.41) is 0. The van der Waals surface area contributed by atoms with Gasteiger partial charge in [0, 0.05) is 0 Å². The van der Waals surface area contributed by atoms with Crippen LogP contribution in [0.25, 0.3) is 0 Å². The van der Waals surface area contributed by atoms with Crippen molar-refractivity contribution >= 4 is 15.6 Å². The van der Waals surface area contributed by atoms with Crippen LogP contribution in [0.15, 0.2) is 12.2 Å². The molecule has 0 aromatic rings. The van der Waals surface area contributed by atoms with Crippen molar-refractivity contribution in [1.82, 2.24) is 0 Å². The topological polar surface area (TPSA) is 113 Å². The van der Waals surface area contributed by atoms with Crippen molar-refractivity contribution in [2.45, 2.75) is 13.3 Å². The lowest BCUT2D eigenvalue weighted by Gasteiger charge is -2.11. The van der Waals surface area contributed by atoms with Crippen LogP contribution in [0.5, 0.6) is 0 Å². The molecule has 0 bridgehead atoms. The van der Waals surface area contributed by atoms with Gasteiger partial charge in [-0.05, 0) is 13.3 Å². The average Bonchev–Trinajstić information content (AvgIpc) is 1.78. The van der Waals surface area contributed by atoms with Crippen LogP contribution in [-0.4, -0.2) is 21.3 Å². The molecule has 0 fully saturated rings. The van der Waals surface area contributed by atoms with Crippen molar-refractivity contribution < 1.29 is 32.6 Å². The Morgan fingerprint density at radius 1 is 1.36 bits per heavy atom. The van der Waals surface area contributed by atoms with Gasteiger partial charge < -0.3 is 14.7 Å². The molecule has 84 valence electrons. The van der Waals surface area contributed by atoms with E-state index in [0.717, 1.165) is 0 Å². The molecule has 0 aliphatic heterocycles. The minimum absolute atomic E-state index is 0.191. The summed E-state index contributed by atoms with van der Waals surface area (Å²) in [5.41, 5.74) is 0.709. The maximum absolute atomic E-state index is 10.8. The number of phosphoric acid groups is 2. The lowest BCUT2D eigenvalue weighted by atomic mass is 10.5. The predicted octanol–water partition coefficient (Wildman–Crippen LogP) is 1.18. The zero-order chi connectivity index (χ0) is 11.4. The molecule has 0 saturated heterocycles. The van der Waals surface area contributed by atoms with Gasteiger partial charge in [-0.15, -0.1) is 6.58 Å². The van der Waals surface area contributed by atoms with Crippen LogP contribution in [0, 0.1) is 0 Å². The summed E-state index contributed by atoms with van der Waals surface area (Å²) in [6.45, 7) is 4.99. The number of phosphoric ester groups is 1. The lowest BCUT2D eigenvalue weighted by Crippen LogP contribution is -1.96. The Labute approximate surface area is 81.2 Å². The van der Waals surface area contributed by atoms with E-state index in [1.807, 2.05) is 0 Å². The van der Waals surface area contributed by atoms with Crippen molar-refractivity contribution in [2.24, 2.45) is 0 Å². The van der Waals surface area contributed by atoms with E-state index in [1.165, 1.54) is 0 Å². The smallest absolute Gasteiger partial charge is 0.302 e. The Bertz CT molecular complexity index is 292. The fourth-order valence-electron chi connectivity index (χ4n) is 0.493. The molecule has 7 nitrogen and oxygen atoms in total. The molecular weight excluding hydrogens is 236 g/mol. The molecule has 0 heterocycles. The Morgan fingerprint density at radius 3 is 2.21 bits per heavy atom. The van der Waals surface area contributed by atoms with E-state index in [9.17, 15) is 9.13 Å². The normalized spacial score (nSPS) is 16.3. The monoisotopic (exact) mass is 248 g/mol. The molecule has 1 atom stereocenters. The predicted molar refractivity (Wildman–Crippen MR) is 48.3 cm³/mol. The van der Waals surface area contributed by atoms with Crippen LogP contribution < -0.4 is 0 Å². The molecule has 3 N–H and O–H groups in total. The third-order valence-corrected chi connectivity index (χ3v) is 3.18. The zero-order valence-electron chi connectivity index (χ0n) is 7.49. The Balaban J connectivity index is 4.03. The fraction of sp³-hybridized carbons (Fsp3) is 0.600. The highest BCUT2D eigenvalue weighted by Crippen LogP contribution is 2.57. The molecule has 0 aliphatic rings. The summed E-state index contributed by atoms with van der Waals surface area (Å²) >= 11 is 0. The molecular formula is C5H12O7P2. The molecule has 1 unspecified atom stereocenters. The van der Waals surface area contributed by atoms with Crippen LogP contribution in [0.4, 0.5) is 0 Å². The van der Waals surface area contributed by atoms with E-state index in [4.69, 9.17) is 14.7 Å². The molecule has 0 aliphatic carbocycles. The molecule has 0 aromatic heterocycles. The van der Waals surface area contributed by atoms with Gasteiger partial charge in [-0.25, -0.2) is 9.13 Å². The molecule has 9 heteroatoms. The van der Waals surface area contributed by atoms with Gasteiger partial charge in [0.1, 0.15) is 0 Å². The summed E-state index contributed by atoms with van der Waals surface area (Å²) in [5.74, 6) is 0. The van der Waals surface area contributed by atoms with Crippen LogP contribution in [0.1, 0.15) is 13.3 Å². The first kappa shape index (κ1) is 14.0. The average molecular weight is 248 g/mol. The second-order valence-corrected chi connectivity index (χ2v) is 5.41. The third kappa shape index (κ3) is 8.59. The first-order chi connectivity index (χ1) is 6.12. The van der Waals surface area contributed by atoms with Gasteiger partial charge in [-0.2, -0.15) is 4.31 Å². The molecule has 0 aromatic carbocycles. The minimum atomic E-state index is -5.01. The van der Waals surface area contributed by atoms with Gasteiger partial charge in [-0.1, -0.05) is 5.57 Å². The fourth-order valence-corrected chi connectivity index (χ4v) is 2.08. The van der Waals surface area contributed by atoms with Crippen LogP contribution in [0.2, 0.25) is 0 Å². The molecule has 0 saturated carbocycles. The summed E-state index contributed by atoms with van der Waals surface area (Å²) in [6.07, 6.45) is 0.301. The summed E-state index contributed by atoms with van der Waals surface area (Å²) in [4.78, 5) is 25.2. The van der Waals surface area contributed by atoms with Crippen molar-refractivity contribution in [3.63, 3.8) is 0 Å². The van der Waals surface area contributed by atoms with E-state index >= 15 is 0 Å². The Hall–Kier alpha value is -0.0000000000000000416. The lowest BCUT2D eigenvalue weighted by molar-refractivity contribution is 0.180. The van der Waals surface area contributed by atoms with Gasteiger partial charge >= 0.3 is 15.6 Å². The summed E-state index contributed by atoms with van der Waals surface area (Å²) in [6, 6.07) is 0. The summed E-state index contributed by atoms with van der Waals surface area (Å²) < 4.78 is 28.8. The van der Waals surface area contributed by atoms with Crippen molar-refractivity contribution in [1.29, 1.82) is 0 Å². The highest BCUT2D eigenvalue weighted by molar-refractivity contribution is 7.60. The van der Waals surface area contributed by atoms with Gasteiger partial charge in [0.15, 0.2) is 0 Å². The first-order valence-electron chi connectivity index (χ1n) is 3.51. The molecule has 0 spiro atoms. The quantitative estimate of drug-likeness (QED) is 0.367. The highest BCUT2D eigenvalue weighted by atomic mass is 31.3. The van der Waals surface area contributed by atoms with Crippen molar-refractivity contribution in [3.05, 3.63) is 12.2 Å². The van der Waals surface area contributed by atoms with Crippen molar-refractivity contribution in [3.8, 4) is 0 Å². The molecule has 0 amide bonds. The standard InChI is InChI=1S/C5H12O7P2/c1-5(2)3-4-11-14(9,10)12-13(6,7)8/h1,3-4H2,2H3,(H,9,10)(H2,6,7,8)/i3+1,4+1. The van der Waals surface area contributed by atoms with Gasteiger partial charge in [0.25, 0.3) is 0 Å². The maximum atomic E-state index is 10.8. The van der Waals surface area contributed by atoms with E-state index in [2.05, 4.69) is 15.4 Å². The number of rotatable bonds is 6. The third-order valence-electron chi connectivity index (χ3n) is 0.993. The van der Waals surface area contributed by atoms with Crippen LogP contribution in [0.3, 0.4) is 0 Å². The number of hydrogen-bond donors (Lipinski definition) is 3. The van der Waals surface area contributed by atoms with Gasteiger partial charge in [-0.3, -0.25) is 4.52 Å². The molecule has 0 radical (unpaired) electrons. The zero-order valence-corrected chi connectivity index (χ0v) is 9.28. The largest absolute Gasteiger partial charge is 0.481 e. The van der Waals surface area contributed by atoms with E-state index < -0.39 is 15.6 Å². The highest BCUT2D eigenvalue weighted by Gasteiger charge is 2.31. The number of hydrogen-bond acceptors (Lipinski definition) is 4. The second-order valence-electron chi connectivity index (χ2n) is 2.58. The van der Waals surface area contributed by atoms with E-state index in [-0.39, 0.29) is 6.61 Å². The van der Waals surface area contributed by atoms with Gasteiger partial charge in [0.05, 0.1) is 6.61 Å².